The van der Waals surface area contributed by atoms with E-state index in [2.05, 4.69) is 5.32 Å². The molecule has 2 heterocycles. The SMILES string of the molecule is CC(NC(=O)COc1cc2c(c3oc(=O)cc(-c4ccccc4)c13)CCC(C)(C)O2)C(=O)O. The number of carbonyl (C=O) groups excluding carboxylic acids is 1. The molecule has 0 bridgehead atoms. The van der Waals surface area contributed by atoms with Gasteiger partial charge in [-0.3, -0.25) is 9.59 Å². The maximum absolute atomic E-state index is 12.5. The third kappa shape index (κ3) is 4.69. The minimum absolute atomic E-state index is 0.308. The number of amides is 1. The quantitative estimate of drug-likeness (QED) is 0.551. The molecule has 8 heteroatoms. The summed E-state index contributed by atoms with van der Waals surface area (Å²) in [5.41, 5.74) is 1.63. The molecule has 33 heavy (non-hydrogen) atoms. The van der Waals surface area contributed by atoms with Gasteiger partial charge in [-0.15, -0.1) is 0 Å². The molecule has 0 radical (unpaired) electrons. The number of rotatable bonds is 6. The number of ether oxygens (including phenoxy) is 2. The largest absolute Gasteiger partial charge is 0.487 e. The van der Waals surface area contributed by atoms with Gasteiger partial charge in [-0.1, -0.05) is 30.3 Å². The predicted octanol–water partition coefficient (Wildman–Crippen LogP) is 3.53. The lowest BCUT2D eigenvalue weighted by atomic mass is 9.91. The van der Waals surface area contributed by atoms with E-state index in [0.717, 1.165) is 17.5 Å². The van der Waals surface area contributed by atoms with E-state index in [0.29, 0.717) is 34.5 Å². The number of hydrogen-bond donors (Lipinski definition) is 2. The third-order valence-corrected chi connectivity index (χ3v) is 5.60. The van der Waals surface area contributed by atoms with E-state index < -0.39 is 35.8 Å². The molecule has 0 spiro atoms. The van der Waals surface area contributed by atoms with Crippen molar-refractivity contribution in [2.24, 2.45) is 0 Å². The molecular formula is C25H25NO7. The molecule has 1 aromatic heterocycles. The standard InChI is InChI=1S/C25H25NO7/c1-14(24(29)30)26-20(27)13-31-19-12-18-16(9-10-25(2,3)33-18)23-22(19)17(11-21(28)32-23)15-7-5-4-6-8-15/h4-8,11-12,14H,9-10,13H2,1-3H3,(H,26,27)(H,29,30). The third-order valence-electron chi connectivity index (χ3n) is 5.60. The van der Waals surface area contributed by atoms with E-state index in [1.165, 1.54) is 13.0 Å². The van der Waals surface area contributed by atoms with Gasteiger partial charge in [0.15, 0.2) is 6.61 Å². The molecule has 1 aliphatic rings. The first-order valence-electron chi connectivity index (χ1n) is 10.7. The lowest BCUT2D eigenvalue weighted by Crippen LogP contribution is -2.40. The van der Waals surface area contributed by atoms with Gasteiger partial charge in [0.2, 0.25) is 0 Å². The highest BCUT2D eigenvalue weighted by Gasteiger charge is 2.31. The van der Waals surface area contributed by atoms with Crippen LogP contribution >= 0.6 is 0 Å². The molecule has 1 atom stereocenters. The number of carbonyl (C=O) groups is 2. The van der Waals surface area contributed by atoms with Crippen LogP contribution < -0.4 is 20.4 Å². The summed E-state index contributed by atoms with van der Waals surface area (Å²) in [5, 5.41) is 11.9. The van der Waals surface area contributed by atoms with Gasteiger partial charge in [0, 0.05) is 23.3 Å². The summed E-state index contributed by atoms with van der Waals surface area (Å²) in [7, 11) is 0. The fraction of sp³-hybridized carbons (Fsp3) is 0.320. The Hall–Kier alpha value is -3.81. The van der Waals surface area contributed by atoms with Crippen LogP contribution in [-0.4, -0.2) is 35.2 Å². The van der Waals surface area contributed by atoms with Crippen molar-refractivity contribution < 1.29 is 28.6 Å². The van der Waals surface area contributed by atoms with E-state index >= 15 is 0 Å². The number of carboxylic acids is 1. The molecule has 0 saturated carbocycles. The Labute approximate surface area is 190 Å². The minimum Gasteiger partial charge on any atom is -0.487 e. The number of aryl methyl sites for hydroxylation is 1. The van der Waals surface area contributed by atoms with Crippen LogP contribution in [-0.2, 0) is 16.0 Å². The Kier molecular flexibility index (Phi) is 5.84. The first kappa shape index (κ1) is 22.4. The van der Waals surface area contributed by atoms with Crippen LogP contribution in [0.5, 0.6) is 11.5 Å². The average molecular weight is 451 g/mol. The maximum atomic E-state index is 12.5. The molecule has 1 unspecified atom stereocenters. The van der Waals surface area contributed by atoms with Gasteiger partial charge < -0.3 is 24.3 Å². The van der Waals surface area contributed by atoms with Gasteiger partial charge >= 0.3 is 11.6 Å². The van der Waals surface area contributed by atoms with E-state index in [-0.39, 0.29) is 0 Å². The number of benzene rings is 2. The van der Waals surface area contributed by atoms with Crippen LogP contribution in [0.25, 0.3) is 22.1 Å². The molecular weight excluding hydrogens is 426 g/mol. The molecule has 172 valence electrons. The smallest absolute Gasteiger partial charge is 0.336 e. The second-order valence-corrected chi connectivity index (χ2v) is 8.68. The first-order valence-corrected chi connectivity index (χ1v) is 10.7. The van der Waals surface area contributed by atoms with Gasteiger partial charge in [0.05, 0.1) is 5.39 Å². The van der Waals surface area contributed by atoms with Crippen molar-refractivity contribution >= 4 is 22.8 Å². The summed E-state index contributed by atoms with van der Waals surface area (Å²) in [4.78, 5) is 35.8. The van der Waals surface area contributed by atoms with Crippen molar-refractivity contribution in [1.29, 1.82) is 0 Å². The summed E-state index contributed by atoms with van der Waals surface area (Å²) in [6.45, 7) is 4.89. The Morgan fingerprint density at radius 2 is 1.94 bits per heavy atom. The van der Waals surface area contributed by atoms with Crippen molar-refractivity contribution in [3.05, 3.63) is 58.4 Å². The minimum atomic E-state index is -1.15. The van der Waals surface area contributed by atoms with Gasteiger partial charge in [-0.2, -0.15) is 0 Å². The molecule has 0 fully saturated rings. The Morgan fingerprint density at radius 1 is 1.21 bits per heavy atom. The van der Waals surface area contributed by atoms with Crippen LogP contribution in [0.1, 0.15) is 32.8 Å². The van der Waals surface area contributed by atoms with Crippen molar-refractivity contribution in [2.45, 2.75) is 45.3 Å². The summed E-state index contributed by atoms with van der Waals surface area (Å²) < 4.78 is 17.6. The molecule has 3 aromatic rings. The van der Waals surface area contributed by atoms with Crippen molar-refractivity contribution in [2.75, 3.05) is 6.61 Å². The molecule has 1 aliphatic heterocycles. The van der Waals surface area contributed by atoms with Crippen LogP contribution in [0.2, 0.25) is 0 Å². The van der Waals surface area contributed by atoms with Gasteiger partial charge in [-0.05, 0) is 39.2 Å². The Balaban J connectivity index is 1.84. The van der Waals surface area contributed by atoms with Gasteiger partial charge in [0.1, 0.15) is 28.7 Å². The molecule has 2 aromatic carbocycles. The molecule has 0 aliphatic carbocycles. The summed E-state index contributed by atoms with van der Waals surface area (Å²) in [6, 6.07) is 11.4. The fourth-order valence-corrected chi connectivity index (χ4v) is 3.89. The molecule has 4 rings (SSSR count). The normalized spacial score (nSPS) is 15.2. The summed E-state index contributed by atoms with van der Waals surface area (Å²) >= 11 is 0. The highest BCUT2D eigenvalue weighted by Crippen LogP contribution is 2.44. The fourth-order valence-electron chi connectivity index (χ4n) is 3.89. The van der Waals surface area contributed by atoms with Crippen molar-refractivity contribution in [1.82, 2.24) is 5.32 Å². The first-order chi connectivity index (χ1) is 15.6. The van der Waals surface area contributed by atoms with E-state index in [1.807, 2.05) is 44.2 Å². The zero-order valence-corrected chi connectivity index (χ0v) is 18.6. The second kappa shape index (κ2) is 8.61. The van der Waals surface area contributed by atoms with Crippen molar-refractivity contribution in [3.63, 3.8) is 0 Å². The lowest BCUT2D eigenvalue weighted by molar-refractivity contribution is -0.141. The van der Waals surface area contributed by atoms with Crippen LogP contribution in [0.4, 0.5) is 0 Å². The number of fused-ring (bicyclic) bond motifs is 3. The lowest BCUT2D eigenvalue weighted by Gasteiger charge is -2.33. The van der Waals surface area contributed by atoms with E-state index in [4.69, 9.17) is 19.0 Å². The zero-order valence-electron chi connectivity index (χ0n) is 18.6. The molecule has 8 nitrogen and oxygen atoms in total. The summed E-state index contributed by atoms with van der Waals surface area (Å²) in [5.74, 6) is -0.898. The Bertz CT molecular complexity index is 1280. The topological polar surface area (TPSA) is 115 Å². The zero-order chi connectivity index (χ0) is 23.8. The monoisotopic (exact) mass is 451 g/mol. The van der Waals surface area contributed by atoms with Gasteiger partial charge in [0.25, 0.3) is 5.91 Å². The number of nitrogens with one attached hydrogen (secondary N) is 1. The molecule has 0 saturated heterocycles. The van der Waals surface area contributed by atoms with Crippen LogP contribution in [0.15, 0.2) is 51.7 Å². The van der Waals surface area contributed by atoms with Crippen LogP contribution in [0.3, 0.4) is 0 Å². The number of carboxylic acid groups (broad SMARTS) is 1. The highest BCUT2D eigenvalue weighted by molar-refractivity contribution is 6.00. The molecule has 1 amide bonds. The predicted molar refractivity (Wildman–Crippen MR) is 122 cm³/mol. The average Bonchev–Trinajstić information content (AvgIpc) is 2.76. The van der Waals surface area contributed by atoms with E-state index in [1.54, 1.807) is 6.07 Å². The highest BCUT2D eigenvalue weighted by atomic mass is 16.5. The van der Waals surface area contributed by atoms with Gasteiger partial charge in [-0.25, -0.2) is 4.79 Å². The molecule has 2 N–H and O–H groups in total. The number of hydrogen-bond acceptors (Lipinski definition) is 6. The van der Waals surface area contributed by atoms with Crippen LogP contribution in [0, 0.1) is 0 Å². The second-order valence-electron chi connectivity index (χ2n) is 8.68. The number of aliphatic carboxylic acids is 1. The maximum Gasteiger partial charge on any atom is 0.336 e. The summed E-state index contributed by atoms with van der Waals surface area (Å²) in [6.07, 6.45) is 1.39. The van der Waals surface area contributed by atoms with Crippen molar-refractivity contribution in [3.8, 4) is 22.6 Å². The Morgan fingerprint density at radius 3 is 2.64 bits per heavy atom. The van der Waals surface area contributed by atoms with E-state index in [9.17, 15) is 14.4 Å².